The molecule has 2 aromatic rings. The van der Waals surface area contributed by atoms with E-state index < -0.39 is 35.2 Å². The van der Waals surface area contributed by atoms with Crippen molar-refractivity contribution >= 4 is 35.2 Å². The van der Waals surface area contributed by atoms with Crippen LogP contribution in [0.2, 0.25) is 5.02 Å². The molecule has 2 unspecified atom stereocenters. The summed E-state index contributed by atoms with van der Waals surface area (Å²) in [6, 6.07) is 11.1. The van der Waals surface area contributed by atoms with Crippen molar-refractivity contribution in [3.8, 4) is 0 Å². The Kier molecular flexibility index (Phi) is 11.2. The quantitative estimate of drug-likeness (QED) is 0.307. The summed E-state index contributed by atoms with van der Waals surface area (Å²) >= 11 is 6.47. The van der Waals surface area contributed by atoms with Crippen molar-refractivity contribution in [1.82, 2.24) is 10.2 Å². The number of ether oxygens (including phenoxy) is 1. The first-order valence-corrected chi connectivity index (χ1v) is 14.3. The Labute approximate surface area is 245 Å². The predicted molar refractivity (Wildman–Crippen MR) is 163 cm³/mol. The highest BCUT2D eigenvalue weighted by atomic mass is 35.5. The SMILES string of the molecule is CCC(C)(C)N(C(=O)C(CC(C)C)NC(=O)OC(C)(C)C)C(C(=O)Nc1c(C)cccc1Cl)c1ccc(C)cc1. The molecule has 2 N–H and O–H groups in total. The predicted octanol–water partition coefficient (Wildman–Crippen LogP) is 7.59. The van der Waals surface area contributed by atoms with Gasteiger partial charge >= 0.3 is 6.09 Å². The number of amides is 3. The molecular formula is C32H46ClN3O4. The van der Waals surface area contributed by atoms with Gasteiger partial charge in [0, 0.05) is 5.54 Å². The van der Waals surface area contributed by atoms with Crippen LogP contribution in [0.1, 0.15) is 91.0 Å². The molecule has 40 heavy (non-hydrogen) atoms. The molecule has 0 aliphatic heterocycles. The van der Waals surface area contributed by atoms with Crippen LogP contribution in [0.3, 0.4) is 0 Å². The average molecular weight is 572 g/mol. The fourth-order valence-electron chi connectivity index (χ4n) is 4.40. The van der Waals surface area contributed by atoms with Crippen molar-refractivity contribution in [2.75, 3.05) is 5.32 Å². The highest BCUT2D eigenvalue weighted by Crippen LogP contribution is 2.35. The van der Waals surface area contributed by atoms with E-state index in [4.69, 9.17) is 16.3 Å². The van der Waals surface area contributed by atoms with E-state index in [1.165, 1.54) is 0 Å². The maximum absolute atomic E-state index is 14.5. The highest BCUT2D eigenvalue weighted by molar-refractivity contribution is 6.34. The zero-order chi connectivity index (χ0) is 30.4. The van der Waals surface area contributed by atoms with Gasteiger partial charge < -0.3 is 20.3 Å². The van der Waals surface area contributed by atoms with Crippen molar-refractivity contribution in [3.05, 3.63) is 64.2 Å². The topological polar surface area (TPSA) is 87.7 Å². The van der Waals surface area contributed by atoms with Gasteiger partial charge in [0.05, 0.1) is 10.7 Å². The Morgan fingerprint density at radius 1 is 0.975 bits per heavy atom. The molecule has 0 aliphatic carbocycles. The summed E-state index contributed by atoms with van der Waals surface area (Å²) in [7, 11) is 0. The van der Waals surface area contributed by atoms with Gasteiger partial charge in [-0.25, -0.2) is 4.79 Å². The Hall–Kier alpha value is -3.06. The summed E-state index contributed by atoms with van der Waals surface area (Å²) in [6.45, 7) is 18.9. The lowest BCUT2D eigenvalue weighted by Gasteiger charge is -2.45. The lowest BCUT2D eigenvalue weighted by molar-refractivity contribution is -0.148. The first-order chi connectivity index (χ1) is 18.5. The number of para-hydroxylation sites is 1. The van der Waals surface area contributed by atoms with Gasteiger partial charge in [-0.3, -0.25) is 9.59 Å². The Morgan fingerprint density at radius 2 is 1.57 bits per heavy atom. The zero-order valence-corrected chi connectivity index (χ0v) is 26.4. The van der Waals surface area contributed by atoms with E-state index in [0.29, 0.717) is 29.1 Å². The number of alkyl carbamates (subject to hydrolysis) is 1. The van der Waals surface area contributed by atoms with E-state index in [1.54, 1.807) is 31.7 Å². The second kappa shape index (κ2) is 13.5. The van der Waals surface area contributed by atoms with E-state index in [2.05, 4.69) is 10.6 Å². The Morgan fingerprint density at radius 3 is 2.08 bits per heavy atom. The summed E-state index contributed by atoms with van der Waals surface area (Å²) < 4.78 is 5.49. The van der Waals surface area contributed by atoms with Gasteiger partial charge in [-0.1, -0.05) is 74.3 Å². The van der Waals surface area contributed by atoms with E-state index in [-0.39, 0.29) is 11.8 Å². The minimum atomic E-state index is -0.992. The molecule has 2 rings (SSSR count). The summed E-state index contributed by atoms with van der Waals surface area (Å²) in [6.07, 6.45) is 0.268. The van der Waals surface area contributed by atoms with Crippen LogP contribution in [-0.4, -0.2) is 40.0 Å². The third kappa shape index (κ3) is 8.98. The third-order valence-electron chi connectivity index (χ3n) is 6.82. The number of aryl methyl sites for hydroxylation is 2. The highest BCUT2D eigenvalue weighted by Gasteiger charge is 2.43. The van der Waals surface area contributed by atoms with Gasteiger partial charge in [0.15, 0.2) is 0 Å². The smallest absolute Gasteiger partial charge is 0.408 e. The van der Waals surface area contributed by atoms with Crippen LogP contribution in [0.4, 0.5) is 10.5 Å². The maximum Gasteiger partial charge on any atom is 0.408 e. The Balaban J connectivity index is 2.67. The lowest BCUT2D eigenvalue weighted by Crippen LogP contribution is -2.59. The van der Waals surface area contributed by atoms with Crippen LogP contribution in [-0.2, 0) is 14.3 Å². The largest absolute Gasteiger partial charge is 0.444 e. The number of hydrogen-bond acceptors (Lipinski definition) is 4. The normalized spacial score (nSPS) is 13.4. The summed E-state index contributed by atoms with van der Waals surface area (Å²) in [4.78, 5) is 43.1. The third-order valence-corrected chi connectivity index (χ3v) is 7.14. The molecule has 0 fully saturated rings. The van der Waals surface area contributed by atoms with Crippen LogP contribution in [0.5, 0.6) is 0 Å². The van der Waals surface area contributed by atoms with Crippen molar-refractivity contribution in [2.24, 2.45) is 5.92 Å². The van der Waals surface area contributed by atoms with Gasteiger partial charge in [0.2, 0.25) is 5.91 Å². The average Bonchev–Trinajstić information content (AvgIpc) is 2.83. The number of nitrogens with one attached hydrogen (secondary N) is 2. The van der Waals surface area contributed by atoms with Crippen molar-refractivity contribution < 1.29 is 19.1 Å². The number of rotatable bonds is 10. The molecular weight excluding hydrogens is 526 g/mol. The lowest BCUT2D eigenvalue weighted by atomic mass is 9.90. The number of carbonyl (C=O) groups excluding carboxylic acids is 3. The summed E-state index contributed by atoms with van der Waals surface area (Å²) in [5.74, 6) is -0.661. The number of carbonyl (C=O) groups is 3. The molecule has 7 nitrogen and oxygen atoms in total. The molecule has 8 heteroatoms. The van der Waals surface area contributed by atoms with Crippen LogP contribution in [0.15, 0.2) is 42.5 Å². The molecule has 0 bridgehead atoms. The van der Waals surface area contributed by atoms with Crippen LogP contribution < -0.4 is 10.6 Å². The Bertz CT molecular complexity index is 1170. The number of hydrogen-bond donors (Lipinski definition) is 2. The van der Waals surface area contributed by atoms with Gasteiger partial charge in [-0.15, -0.1) is 0 Å². The molecule has 0 heterocycles. The summed E-state index contributed by atoms with van der Waals surface area (Å²) in [5.41, 5.74) is 1.52. The second-order valence-electron chi connectivity index (χ2n) is 12.4. The molecule has 0 spiro atoms. The first kappa shape index (κ1) is 33.1. The van der Waals surface area contributed by atoms with Gasteiger partial charge in [-0.05, 0) is 84.4 Å². The van der Waals surface area contributed by atoms with Crippen molar-refractivity contribution in [1.29, 1.82) is 0 Å². The molecule has 3 amide bonds. The second-order valence-corrected chi connectivity index (χ2v) is 12.8. The number of anilines is 1. The molecule has 220 valence electrons. The molecule has 0 saturated heterocycles. The van der Waals surface area contributed by atoms with Crippen molar-refractivity contribution in [2.45, 2.75) is 105 Å². The number of nitrogens with zero attached hydrogens (tertiary/aromatic N) is 1. The van der Waals surface area contributed by atoms with Crippen LogP contribution >= 0.6 is 11.6 Å². The van der Waals surface area contributed by atoms with Gasteiger partial charge in [0.1, 0.15) is 17.7 Å². The molecule has 2 atom stereocenters. The minimum Gasteiger partial charge on any atom is -0.444 e. The summed E-state index contributed by atoms with van der Waals surface area (Å²) in [5, 5.41) is 6.21. The molecule has 0 aliphatic rings. The fourth-order valence-corrected chi connectivity index (χ4v) is 4.67. The molecule has 0 aromatic heterocycles. The standard InChI is InChI=1S/C32H46ClN3O4/c1-11-32(9,10)36(29(38)25(19-20(2)3)34-30(39)40-31(6,7)8)27(23-17-15-21(4)16-18-23)28(37)35-26-22(5)13-12-14-24(26)33/h12-18,20,25,27H,11,19H2,1-10H3,(H,34,39)(H,35,37). The molecule has 0 radical (unpaired) electrons. The zero-order valence-electron chi connectivity index (χ0n) is 25.6. The molecule has 2 aromatic carbocycles. The van der Waals surface area contributed by atoms with Crippen LogP contribution in [0, 0.1) is 19.8 Å². The van der Waals surface area contributed by atoms with E-state index >= 15 is 0 Å². The minimum absolute atomic E-state index is 0.0906. The number of benzene rings is 2. The van der Waals surface area contributed by atoms with Gasteiger partial charge in [0.25, 0.3) is 5.91 Å². The van der Waals surface area contributed by atoms with E-state index in [1.807, 2.05) is 84.9 Å². The fraction of sp³-hybridized carbons (Fsp3) is 0.531. The van der Waals surface area contributed by atoms with Crippen molar-refractivity contribution in [3.63, 3.8) is 0 Å². The monoisotopic (exact) mass is 571 g/mol. The maximum atomic E-state index is 14.5. The van der Waals surface area contributed by atoms with Gasteiger partial charge in [-0.2, -0.15) is 0 Å². The first-order valence-electron chi connectivity index (χ1n) is 13.9. The van der Waals surface area contributed by atoms with Crippen LogP contribution in [0.25, 0.3) is 0 Å². The number of halogens is 1. The van der Waals surface area contributed by atoms with E-state index in [0.717, 1.165) is 11.1 Å². The molecule has 0 saturated carbocycles. The van der Waals surface area contributed by atoms with E-state index in [9.17, 15) is 14.4 Å².